The second-order valence-corrected chi connectivity index (χ2v) is 5.00. The molecule has 0 aromatic heterocycles. The van der Waals surface area contributed by atoms with Gasteiger partial charge in [-0.2, -0.15) is 0 Å². The zero-order chi connectivity index (χ0) is 14.4. The Balaban J connectivity index is 2.06. The van der Waals surface area contributed by atoms with Crippen molar-refractivity contribution < 1.29 is 14.2 Å². The van der Waals surface area contributed by atoms with Gasteiger partial charge in [0, 0.05) is 18.2 Å². The Morgan fingerprint density at radius 3 is 2.19 bits per heavy atom. The Labute approximate surface area is 122 Å². The molecule has 2 aromatic carbocycles. The molecule has 21 heavy (non-hydrogen) atoms. The van der Waals surface area contributed by atoms with Crippen molar-refractivity contribution in [3.8, 4) is 11.5 Å². The molecule has 2 aliphatic rings. The van der Waals surface area contributed by atoms with Gasteiger partial charge in [-0.1, -0.05) is 36.4 Å². The normalized spacial score (nSPS) is 21.0. The molecule has 106 valence electrons. The summed E-state index contributed by atoms with van der Waals surface area (Å²) < 4.78 is 17.1. The van der Waals surface area contributed by atoms with E-state index in [9.17, 15) is 0 Å². The van der Waals surface area contributed by atoms with Gasteiger partial charge >= 0.3 is 0 Å². The molecule has 2 aliphatic heterocycles. The van der Waals surface area contributed by atoms with Gasteiger partial charge in [-0.15, -0.1) is 0 Å². The van der Waals surface area contributed by atoms with E-state index < -0.39 is 11.8 Å². The number of benzene rings is 2. The Morgan fingerprint density at radius 2 is 1.62 bits per heavy atom. The smallest absolute Gasteiger partial charge is 0.285 e. The number of rotatable bonds is 1. The van der Waals surface area contributed by atoms with Gasteiger partial charge in [-0.3, -0.25) is 0 Å². The molecule has 1 spiro atoms. The quantitative estimate of drug-likeness (QED) is 0.872. The zero-order valence-electron chi connectivity index (χ0n) is 11.4. The van der Waals surface area contributed by atoms with Crippen molar-refractivity contribution in [2.45, 2.75) is 11.8 Å². The lowest BCUT2D eigenvalue weighted by Crippen LogP contribution is -2.40. The summed E-state index contributed by atoms with van der Waals surface area (Å²) in [6, 6.07) is 15.6. The van der Waals surface area contributed by atoms with Gasteiger partial charge in [0.05, 0.1) is 0 Å². The van der Waals surface area contributed by atoms with Gasteiger partial charge in [0.2, 0.25) is 6.29 Å². The van der Waals surface area contributed by atoms with Crippen molar-refractivity contribution in [3.05, 3.63) is 59.7 Å². The van der Waals surface area contributed by atoms with Crippen LogP contribution in [0.1, 0.15) is 11.1 Å². The third-order valence-corrected chi connectivity index (χ3v) is 3.88. The number of hydrogen-bond acceptors (Lipinski definition) is 5. The van der Waals surface area contributed by atoms with Crippen LogP contribution >= 0.6 is 0 Å². The van der Waals surface area contributed by atoms with Crippen LogP contribution in [0.3, 0.4) is 0 Å². The van der Waals surface area contributed by atoms with Crippen LogP contribution in [0.5, 0.6) is 11.5 Å². The minimum absolute atomic E-state index is 0.119. The highest BCUT2D eigenvalue weighted by molar-refractivity contribution is 5.77. The summed E-state index contributed by atoms with van der Waals surface area (Å²) in [6.07, 6.45) is -0.622. The van der Waals surface area contributed by atoms with Crippen molar-refractivity contribution in [2.75, 3.05) is 7.11 Å². The SMILES string of the molecule is COC1OC(N)=NC12c1ccccc1Oc1ccccc12. The van der Waals surface area contributed by atoms with Crippen molar-refractivity contribution in [1.29, 1.82) is 0 Å². The molecular formula is C16H14N2O3. The standard InChI is InChI=1S/C16H14N2O3/c1-19-14-16(18-15(17)21-14)10-6-2-4-8-12(10)20-13-9-5-3-7-11(13)16/h2-9,14H,1H3,(H2,17,18). The molecule has 0 bridgehead atoms. The molecule has 2 aromatic rings. The van der Waals surface area contributed by atoms with Crippen LogP contribution < -0.4 is 10.5 Å². The van der Waals surface area contributed by atoms with Crippen LogP contribution in [0.25, 0.3) is 0 Å². The predicted molar refractivity (Wildman–Crippen MR) is 77.2 cm³/mol. The Hall–Kier alpha value is -2.53. The number of aliphatic imine (C=N–C) groups is 1. The summed E-state index contributed by atoms with van der Waals surface area (Å²) in [5.74, 6) is 1.47. The Morgan fingerprint density at radius 1 is 1.05 bits per heavy atom. The maximum absolute atomic E-state index is 5.97. The lowest BCUT2D eigenvalue weighted by atomic mass is 9.80. The molecule has 0 aliphatic carbocycles. The van der Waals surface area contributed by atoms with E-state index in [0.717, 1.165) is 22.6 Å². The van der Waals surface area contributed by atoms with E-state index in [1.807, 2.05) is 48.5 Å². The molecule has 1 atom stereocenters. The summed E-state index contributed by atoms with van der Waals surface area (Å²) in [7, 11) is 1.58. The fourth-order valence-electron chi connectivity index (χ4n) is 3.05. The number of amidine groups is 1. The van der Waals surface area contributed by atoms with E-state index in [-0.39, 0.29) is 6.02 Å². The molecule has 1 unspecified atom stereocenters. The van der Waals surface area contributed by atoms with Crippen LogP contribution in [-0.4, -0.2) is 19.4 Å². The molecule has 2 heterocycles. The van der Waals surface area contributed by atoms with E-state index in [2.05, 4.69) is 4.99 Å². The minimum Gasteiger partial charge on any atom is -0.457 e. The fraction of sp³-hybridized carbons (Fsp3) is 0.188. The maximum Gasteiger partial charge on any atom is 0.285 e. The number of ether oxygens (including phenoxy) is 3. The first-order valence-corrected chi connectivity index (χ1v) is 6.67. The Kier molecular flexibility index (Phi) is 2.46. The number of nitrogens with zero attached hydrogens (tertiary/aromatic N) is 1. The third-order valence-electron chi connectivity index (χ3n) is 3.88. The molecule has 0 amide bonds. The first-order chi connectivity index (χ1) is 10.3. The largest absolute Gasteiger partial charge is 0.457 e. The molecular weight excluding hydrogens is 268 g/mol. The maximum atomic E-state index is 5.97. The summed E-state index contributed by atoms with van der Waals surface area (Å²) in [5.41, 5.74) is 6.77. The van der Waals surface area contributed by atoms with Gasteiger partial charge in [0.15, 0.2) is 5.54 Å². The van der Waals surface area contributed by atoms with Crippen LogP contribution in [0.4, 0.5) is 0 Å². The molecule has 0 radical (unpaired) electrons. The van der Waals surface area contributed by atoms with Crippen LogP contribution in [0, 0.1) is 0 Å². The number of hydrogen-bond donors (Lipinski definition) is 1. The van der Waals surface area contributed by atoms with E-state index in [1.54, 1.807) is 7.11 Å². The molecule has 5 nitrogen and oxygen atoms in total. The lowest BCUT2D eigenvalue weighted by molar-refractivity contribution is -0.0867. The fourth-order valence-corrected chi connectivity index (χ4v) is 3.05. The van der Waals surface area contributed by atoms with Gasteiger partial charge < -0.3 is 19.9 Å². The zero-order valence-corrected chi connectivity index (χ0v) is 11.4. The highest BCUT2D eigenvalue weighted by atomic mass is 16.7. The number of fused-ring (bicyclic) bond motifs is 4. The average Bonchev–Trinajstić information content (AvgIpc) is 2.85. The molecule has 0 saturated heterocycles. The summed E-state index contributed by atoms with van der Waals surface area (Å²) in [5, 5.41) is 0. The number of para-hydroxylation sites is 2. The second kappa shape index (κ2) is 4.23. The van der Waals surface area contributed by atoms with E-state index >= 15 is 0 Å². The summed E-state index contributed by atoms with van der Waals surface area (Å²) in [4.78, 5) is 4.58. The molecule has 0 saturated carbocycles. The number of nitrogens with two attached hydrogens (primary N) is 1. The first kappa shape index (κ1) is 12.2. The molecule has 5 heteroatoms. The second-order valence-electron chi connectivity index (χ2n) is 5.00. The average molecular weight is 282 g/mol. The van der Waals surface area contributed by atoms with Crippen molar-refractivity contribution >= 4 is 6.02 Å². The van der Waals surface area contributed by atoms with Crippen LogP contribution in [0.15, 0.2) is 53.5 Å². The van der Waals surface area contributed by atoms with Crippen molar-refractivity contribution in [3.63, 3.8) is 0 Å². The van der Waals surface area contributed by atoms with Crippen molar-refractivity contribution in [1.82, 2.24) is 0 Å². The van der Waals surface area contributed by atoms with Gasteiger partial charge in [-0.05, 0) is 12.1 Å². The van der Waals surface area contributed by atoms with Gasteiger partial charge in [0.1, 0.15) is 11.5 Å². The molecule has 2 N–H and O–H groups in total. The topological polar surface area (TPSA) is 66.1 Å². The highest BCUT2D eigenvalue weighted by Crippen LogP contribution is 2.53. The van der Waals surface area contributed by atoms with Crippen LogP contribution in [0.2, 0.25) is 0 Å². The highest BCUT2D eigenvalue weighted by Gasteiger charge is 2.54. The first-order valence-electron chi connectivity index (χ1n) is 6.67. The monoisotopic (exact) mass is 282 g/mol. The van der Waals surface area contributed by atoms with Crippen molar-refractivity contribution in [2.24, 2.45) is 10.7 Å². The lowest BCUT2D eigenvalue weighted by Gasteiger charge is -2.36. The van der Waals surface area contributed by atoms with Gasteiger partial charge in [-0.25, -0.2) is 4.99 Å². The van der Waals surface area contributed by atoms with Crippen LogP contribution in [-0.2, 0) is 15.0 Å². The molecule has 0 fully saturated rings. The molecule has 4 rings (SSSR count). The minimum atomic E-state index is -0.829. The van der Waals surface area contributed by atoms with Gasteiger partial charge in [0.25, 0.3) is 6.02 Å². The van der Waals surface area contributed by atoms with E-state index in [0.29, 0.717) is 0 Å². The van der Waals surface area contributed by atoms with E-state index in [1.165, 1.54) is 0 Å². The third kappa shape index (κ3) is 1.52. The predicted octanol–water partition coefficient (Wildman–Crippen LogP) is 2.35. The summed E-state index contributed by atoms with van der Waals surface area (Å²) >= 11 is 0. The van der Waals surface area contributed by atoms with E-state index in [4.69, 9.17) is 19.9 Å². The summed E-state index contributed by atoms with van der Waals surface area (Å²) in [6.45, 7) is 0. The Bertz CT molecular complexity index is 696. The number of methoxy groups -OCH3 is 1.